The van der Waals surface area contributed by atoms with Crippen LogP contribution in [0.5, 0.6) is 5.75 Å². The summed E-state index contributed by atoms with van der Waals surface area (Å²) in [7, 11) is 0. The minimum atomic E-state index is 0.00241. The number of amides is 1. The number of fused-ring (bicyclic) bond motifs is 2. The van der Waals surface area contributed by atoms with Crippen molar-refractivity contribution in [3.05, 3.63) is 82.0 Å². The highest BCUT2D eigenvalue weighted by Crippen LogP contribution is 2.31. The first kappa shape index (κ1) is 18.9. The molecular formula is C24H20BrN3O2. The molecule has 0 radical (unpaired) electrons. The predicted molar refractivity (Wildman–Crippen MR) is 121 cm³/mol. The van der Waals surface area contributed by atoms with Gasteiger partial charge in [-0.3, -0.25) is 9.89 Å². The van der Waals surface area contributed by atoms with Gasteiger partial charge in [-0.2, -0.15) is 5.10 Å². The third kappa shape index (κ3) is 3.48. The van der Waals surface area contributed by atoms with Crippen molar-refractivity contribution in [1.29, 1.82) is 0 Å². The molecule has 5 rings (SSSR count). The fourth-order valence-corrected chi connectivity index (χ4v) is 4.49. The van der Waals surface area contributed by atoms with E-state index in [0.717, 1.165) is 43.4 Å². The van der Waals surface area contributed by atoms with Crippen LogP contribution in [-0.4, -0.2) is 34.2 Å². The highest BCUT2D eigenvalue weighted by Gasteiger charge is 2.23. The molecule has 150 valence electrons. The van der Waals surface area contributed by atoms with Crippen molar-refractivity contribution in [3.8, 4) is 16.9 Å². The lowest BCUT2D eigenvalue weighted by Crippen LogP contribution is -2.32. The molecule has 2 heterocycles. The highest BCUT2D eigenvalue weighted by molar-refractivity contribution is 9.10. The van der Waals surface area contributed by atoms with Gasteiger partial charge in [0.2, 0.25) is 0 Å². The van der Waals surface area contributed by atoms with Crippen molar-refractivity contribution in [3.63, 3.8) is 0 Å². The molecule has 1 aliphatic rings. The minimum Gasteiger partial charge on any atom is -0.491 e. The van der Waals surface area contributed by atoms with E-state index in [-0.39, 0.29) is 5.91 Å². The van der Waals surface area contributed by atoms with Gasteiger partial charge in [0.1, 0.15) is 12.4 Å². The Kier molecular flexibility index (Phi) is 4.79. The number of nitrogens with one attached hydrogen (secondary N) is 1. The third-order valence-corrected chi connectivity index (χ3v) is 6.11. The number of hydrogen-bond acceptors (Lipinski definition) is 3. The Hall–Kier alpha value is -3.12. The van der Waals surface area contributed by atoms with Gasteiger partial charge in [0.25, 0.3) is 5.91 Å². The summed E-state index contributed by atoms with van der Waals surface area (Å²) in [5.74, 6) is 0.835. The van der Waals surface area contributed by atoms with E-state index in [0.29, 0.717) is 25.3 Å². The van der Waals surface area contributed by atoms with Gasteiger partial charge in [-0.1, -0.05) is 24.3 Å². The van der Waals surface area contributed by atoms with Crippen LogP contribution in [0, 0.1) is 6.92 Å². The van der Waals surface area contributed by atoms with E-state index in [4.69, 9.17) is 4.74 Å². The van der Waals surface area contributed by atoms with Crippen LogP contribution in [0.15, 0.2) is 65.3 Å². The Balaban J connectivity index is 1.47. The topological polar surface area (TPSA) is 58.2 Å². The van der Waals surface area contributed by atoms with E-state index in [9.17, 15) is 4.79 Å². The first-order valence-corrected chi connectivity index (χ1v) is 10.6. The van der Waals surface area contributed by atoms with E-state index < -0.39 is 0 Å². The summed E-state index contributed by atoms with van der Waals surface area (Å²) < 4.78 is 6.76. The van der Waals surface area contributed by atoms with Crippen molar-refractivity contribution in [2.75, 3.05) is 13.2 Å². The molecule has 4 aromatic rings. The van der Waals surface area contributed by atoms with E-state index in [1.807, 2.05) is 42.3 Å². The number of aromatic nitrogens is 2. The average Bonchev–Trinajstić information content (AvgIpc) is 3.10. The quantitative estimate of drug-likeness (QED) is 0.438. The van der Waals surface area contributed by atoms with Crippen molar-refractivity contribution >= 4 is 32.7 Å². The first-order valence-electron chi connectivity index (χ1n) is 9.83. The number of H-pyrrole nitrogens is 1. The number of rotatable bonds is 2. The van der Waals surface area contributed by atoms with E-state index in [2.05, 4.69) is 56.5 Å². The Morgan fingerprint density at radius 1 is 1.10 bits per heavy atom. The van der Waals surface area contributed by atoms with Crippen LogP contribution in [0.4, 0.5) is 0 Å². The van der Waals surface area contributed by atoms with Crippen molar-refractivity contribution in [2.45, 2.75) is 13.5 Å². The van der Waals surface area contributed by atoms with Crippen molar-refractivity contribution in [2.24, 2.45) is 0 Å². The number of aromatic amines is 1. The number of halogens is 1. The average molecular weight is 462 g/mol. The largest absolute Gasteiger partial charge is 0.491 e. The summed E-state index contributed by atoms with van der Waals surface area (Å²) in [6.45, 7) is 3.54. The van der Waals surface area contributed by atoms with E-state index in [1.165, 1.54) is 0 Å². The molecule has 0 saturated carbocycles. The molecule has 6 heteroatoms. The van der Waals surface area contributed by atoms with Crippen LogP contribution in [0.3, 0.4) is 0 Å². The normalized spacial score (nSPS) is 13.6. The summed E-state index contributed by atoms with van der Waals surface area (Å²) in [5, 5.41) is 8.20. The Morgan fingerprint density at radius 2 is 1.93 bits per heavy atom. The second kappa shape index (κ2) is 7.61. The van der Waals surface area contributed by atoms with Gasteiger partial charge in [0, 0.05) is 22.0 Å². The van der Waals surface area contributed by atoms with Crippen LogP contribution >= 0.6 is 15.9 Å². The number of benzene rings is 3. The summed E-state index contributed by atoms with van der Waals surface area (Å²) in [6.07, 6.45) is 1.82. The molecule has 0 atom stereocenters. The Bertz CT molecular complexity index is 1260. The maximum atomic E-state index is 13.2. The SMILES string of the molecule is Cc1ccc(C(=O)N2CCOc3ccc(-c4ccc5cn[nH]c5c4)cc3C2)c(Br)c1. The number of carbonyl (C=O) groups excluding carboxylic acids is 1. The van der Waals surface area contributed by atoms with Gasteiger partial charge >= 0.3 is 0 Å². The summed E-state index contributed by atoms with van der Waals surface area (Å²) >= 11 is 3.54. The number of aryl methyl sites for hydroxylation is 1. The molecule has 5 nitrogen and oxygen atoms in total. The second-order valence-corrected chi connectivity index (χ2v) is 8.41. The molecule has 30 heavy (non-hydrogen) atoms. The molecule has 1 amide bonds. The molecule has 3 aromatic carbocycles. The predicted octanol–water partition coefficient (Wildman–Crippen LogP) is 5.34. The van der Waals surface area contributed by atoms with Gasteiger partial charge in [-0.05, 0) is 69.9 Å². The fourth-order valence-electron chi connectivity index (χ4n) is 3.83. The van der Waals surface area contributed by atoms with Gasteiger partial charge < -0.3 is 9.64 Å². The number of ether oxygens (including phenoxy) is 1. The Morgan fingerprint density at radius 3 is 2.80 bits per heavy atom. The number of nitrogens with zero attached hydrogens (tertiary/aromatic N) is 2. The standard InChI is InChI=1S/C24H20BrN3O2/c1-15-2-6-20(21(25)10-15)24(29)28-8-9-30-23-7-5-16(11-19(23)14-28)17-3-4-18-13-26-27-22(18)12-17/h2-7,10-13H,8-9,14H2,1H3,(H,26,27). The molecule has 0 saturated heterocycles. The monoisotopic (exact) mass is 461 g/mol. The zero-order valence-electron chi connectivity index (χ0n) is 16.5. The van der Waals surface area contributed by atoms with Crippen LogP contribution in [0.2, 0.25) is 0 Å². The van der Waals surface area contributed by atoms with E-state index in [1.54, 1.807) is 0 Å². The fraction of sp³-hybridized carbons (Fsp3) is 0.167. The summed E-state index contributed by atoms with van der Waals surface area (Å²) in [6, 6.07) is 18.2. The zero-order chi connectivity index (χ0) is 20.7. The lowest BCUT2D eigenvalue weighted by atomic mass is 10.0. The minimum absolute atomic E-state index is 0.00241. The molecule has 0 aliphatic carbocycles. The second-order valence-electron chi connectivity index (χ2n) is 7.55. The van der Waals surface area contributed by atoms with Crippen molar-refractivity contribution < 1.29 is 9.53 Å². The first-order chi connectivity index (χ1) is 14.6. The third-order valence-electron chi connectivity index (χ3n) is 5.46. The smallest absolute Gasteiger partial charge is 0.255 e. The number of carbonyl (C=O) groups is 1. The van der Waals surface area contributed by atoms with Crippen LogP contribution in [0.1, 0.15) is 21.5 Å². The zero-order valence-corrected chi connectivity index (χ0v) is 18.1. The molecule has 1 N–H and O–H groups in total. The van der Waals surface area contributed by atoms with Crippen molar-refractivity contribution in [1.82, 2.24) is 15.1 Å². The molecule has 1 aromatic heterocycles. The maximum absolute atomic E-state index is 13.2. The molecule has 1 aliphatic heterocycles. The van der Waals surface area contributed by atoms with Gasteiger partial charge in [-0.25, -0.2) is 0 Å². The molecular weight excluding hydrogens is 442 g/mol. The van der Waals surface area contributed by atoms with Gasteiger partial charge in [0.05, 0.1) is 23.8 Å². The van der Waals surface area contributed by atoms with Crippen LogP contribution < -0.4 is 4.74 Å². The van der Waals surface area contributed by atoms with E-state index >= 15 is 0 Å². The molecule has 0 spiro atoms. The molecule has 0 bridgehead atoms. The van der Waals surface area contributed by atoms with Crippen LogP contribution in [-0.2, 0) is 6.54 Å². The lowest BCUT2D eigenvalue weighted by molar-refractivity contribution is 0.0732. The van der Waals surface area contributed by atoms with Gasteiger partial charge in [0.15, 0.2) is 0 Å². The number of hydrogen-bond donors (Lipinski definition) is 1. The molecule has 0 fully saturated rings. The van der Waals surface area contributed by atoms with Gasteiger partial charge in [-0.15, -0.1) is 0 Å². The summed E-state index contributed by atoms with van der Waals surface area (Å²) in [5.41, 5.74) is 5.97. The molecule has 0 unspecified atom stereocenters. The Labute approximate surface area is 182 Å². The summed E-state index contributed by atoms with van der Waals surface area (Å²) in [4.78, 5) is 15.0. The maximum Gasteiger partial charge on any atom is 0.255 e. The lowest BCUT2D eigenvalue weighted by Gasteiger charge is -2.21. The highest BCUT2D eigenvalue weighted by atomic mass is 79.9. The van der Waals surface area contributed by atoms with Crippen LogP contribution in [0.25, 0.3) is 22.0 Å².